The van der Waals surface area contributed by atoms with Crippen LogP contribution in [0.4, 0.5) is 0 Å². The summed E-state index contributed by atoms with van der Waals surface area (Å²) in [6, 6.07) is 21.3. The molecule has 0 spiro atoms. The number of carbonyl (C=O) groups is 1. The van der Waals surface area contributed by atoms with Gasteiger partial charge in [-0.05, 0) is 30.4 Å². The molecule has 0 fully saturated rings. The van der Waals surface area contributed by atoms with Crippen LogP contribution < -0.4 is 5.32 Å². The van der Waals surface area contributed by atoms with Crippen molar-refractivity contribution in [3.8, 4) is 0 Å². The minimum absolute atomic E-state index is 0.180. The van der Waals surface area contributed by atoms with Crippen molar-refractivity contribution < 1.29 is 4.79 Å². The molecule has 1 aliphatic carbocycles. The second-order valence-electron chi connectivity index (χ2n) is 6.50. The van der Waals surface area contributed by atoms with E-state index >= 15 is 0 Å². The molecule has 0 saturated carbocycles. The second kappa shape index (κ2) is 6.04. The third-order valence-electron chi connectivity index (χ3n) is 4.99. The van der Waals surface area contributed by atoms with Gasteiger partial charge in [-0.15, -0.1) is 0 Å². The molecule has 2 aromatic rings. The zero-order valence-corrected chi connectivity index (χ0v) is 13.2. The molecule has 1 N–H and O–H groups in total. The zero-order valence-electron chi connectivity index (χ0n) is 13.2. The third-order valence-corrected chi connectivity index (χ3v) is 4.99. The largest absolute Gasteiger partial charge is 0.384 e. The van der Waals surface area contributed by atoms with Crippen LogP contribution in [0.2, 0.25) is 0 Å². The van der Waals surface area contributed by atoms with Crippen molar-refractivity contribution in [3.63, 3.8) is 0 Å². The molecule has 116 valence electrons. The molecule has 0 amide bonds. The number of allylic oxidation sites excluding steroid dienone is 1. The standard InChI is InChI=1S/C21H21NO/c23-19-13-7-12-17-21(19)20(16-10-5-2-6-11-16)18(22-17)14-15-8-3-1-4-9-15/h1-6,8-11,18,20,22H,7,12-14H2. The van der Waals surface area contributed by atoms with Gasteiger partial charge in [-0.2, -0.15) is 0 Å². The fraction of sp³-hybridized carbons (Fsp3) is 0.286. The van der Waals surface area contributed by atoms with Crippen LogP contribution in [0, 0.1) is 0 Å². The van der Waals surface area contributed by atoms with E-state index in [1.165, 1.54) is 16.8 Å². The number of carbonyl (C=O) groups excluding carboxylic acids is 1. The molecule has 1 heterocycles. The highest BCUT2D eigenvalue weighted by Crippen LogP contribution is 2.41. The van der Waals surface area contributed by atoms with E-state index in [0.29, 0.717) is 12.2 Å². The van der Waals surface area contributed by atoms with Gasteiger partial charge in [0.05, 0.1) is 0 Å². The average Bonchev–Trinajstić information content (AvgIpc) is 2.96. The number of rotatable bonds is 3. The first-order valence-electron chi connectivity index (χ1n) is 8.44. The highest BCUT2D eigenvalue weighted by Gasteiger charge is 2.39. The molecular weight excluding hydrogens is 282 g/mol. The highest BCUT2D eigenvalue weighted by atomic mass is 16.1. The topological polar surface area (TPSA) is 29.1 Å². The quantitative estimate of drug-likeness (QED) is 0.929. The van der Waals surface area contributed by atoms with E-state index in [2.05, 4.69) is 53.8 Å². The Bertz CT molecular complexity index is 733. The maximum atomic E-state index is 12.6. The molecular formula is C21H21NO. The molecule has 2 unspecified atom stereocenters. The molecule has 1 aliphatic heterocycles. The molecule has 4 rings (SSSR count). The number of hydrogen-bond acceptors (Lipinski definition) is 2. The Hall–Kier alpha value is -2.35. The molecule has 2 aromatic carbocycles. The monoisotopic (exact) mass is 303 g/mol. The summed E-state index contributed by atoms with van der Waals surface area (Å²) in [6.45, 7) is 0. The highest BCUT2D eigenvalue weighted by molar-refractivity contribution is 5.99. The lowest BCUT2D eigenvalue weighted by Crippen LogP contribution is -2.30. The Balaban J connectivity index is 1.71. The predicted molar refractivity (Wildman–Crippen MR) is 92.1 cm³/mol. The van der Waals surface area contributed by atoms with E-state index in [1.807, 2.05) is 12.1 Å². The van der Waals surface area contributed by atoms with Gasteiger partial charge in [0.1, 0.15) is 0 Å². The fourth-order valence-corrected chi connectivity index (χ4v) is 3.98. The van der Waals surface area contributed by atoms with E-state index in [4.69, 9.17) is 0 Å². The number of hydrogen-bond donors (Lipinski definition) is 1. The lowest BCUT2D eigenvalue weighted by Gasteiger charge is -2.23. The van der Waals surface area contributed by atoms with E-state index in [0.717, 1.165) is 24.8 Å². The van der Waals surface area contributed by atoms with Crippen molar-refractivity contribution in [2.45, 2.75) is 37.6 Å². The van der Waals surface area contributed by atoms with Crippen LogP contribution >= 0.6 is 0 Å². The molecule has 23 heavy (non-hydrogen) atoms. The third kappa shape index (κ3) is 2.70. The predicted octanol–water partition coefficient (Wildman–Crippen LogP) is 3.99. The Morgan fingerprint density at radius 2 is 1.61 bits per heavy atom. The Morgan fingerprint density at radius 1 is 0.913 bits per heavy atom. The lowest BCUT2D eigenvalue weighted by atomic mass is 9.80. The zero-order chi connectivity index (χ0) is 15.6. The summed E-state index contributed by atoms with van der Waals surface area (Å²) in [4.78, 5) is 12.6. The number of ketones is 1. The van der Waals surface area contributed by atoms with Gasteiger partial charge < -0.3 is 5.32 Å². The molecule has 0 aromatic heterocycles. The van der Waals surface area contributed by atoms with Crippen LogP contribution in [0.15, 0.2) is 71.9 Å². The van der Waals surface area contributed by atoms with Crippen molar-refractivity contribution in [3.05, 3.63) is 83.1 Å². The van der Waals surface area contributed by atoms with Crippen molar-refractivity contribution in [1.29, 1.82) is 0 Å². The smallest absolute Gasteiger partial charge is 0.161 e. The molecule has 0 radical (unpaired) electrons. The van der Waals surface area contributed by atoms with Gasteiger partial charge in [-0.3, -0.25) is 4.79 Å². The Labute approximate surface area is 137 Å². The van der Waals surface area contributed by atoms with Crippen molar-refractivity contribution in [2.75, 3.05) is 0 Å². The summed E-state index contributed by atoms with van der Waals surface area (Å²) < 4.78 is 0. The van der Waals surface area contributed by atoms with E-state index < -0.39 is 0 Å². The summed E-state index contributed by atoms with van der Waals surface area (Å²) in [7, 11) is 0. The van der Waals surface area contributed by atoms with Crippen LogP contribution in [0.3, 0.4) is 0 Å². The van der Waals surface area contributed by atoms with Gasteiger partial charge >= 0.3 is 0 Å². The van der Waals surface area contributed by atoms with Gasteiger partial charge in [0.15, 0.2) is 5.78 Å². The normalized spacial score (nSPS) is 23.6. The van der Waals surface area contributed by atoms with Gasteiger partial charge in [0, 0.05) is 29.7 Å². The Morgan fingerprint density at radius 3 is 2.35 bits per heavy atom. The Kier molecular flexibility index (Phi) is 3.74. The maximum Gasteiger partial charge on any atom is 0.161 e. The average molecular weight is 303 g/mol. The molecule has 2 atom stereocenters. The summed E-state index contributed by atoms with van der Waals surface area (Å²) in [6.07, 6.45) is 3.63. The van der Waals surface area contributed by atoms with Crippen LogP contribution in [0.25, 0.3) is 0 Å². The number of nitrogens with one attached hydrogen (secondary N) is 1. The SMILES string of the molecule is O=C1CCCC2=C1C(c1ccccc1)C(Cc1ccccc1)N2. The molecule has 2 aliphatic rings. The van der Waals surface area contributed by atoms with E-state index in [-0.39, 0.29) is 12.0 Å². The first-order valence-corrected chi connectivity index (χ1v) is 8.44. The number of benzene rings is 2. The van der Waals surface area contributed by atoms with Crippen LogP contribution in [0.5, 0.6) is 0 Å². The second-order valence-corrected chi connectivity index (χ2v) is 6.50. The van der Waals surface area contributed by atoms with Crippen molar-refractivity contribution >= 4 is 5.78 Å². The summed E-state index contributed by atoms with van der Waals surface area (Å²) in [5.41, 5.74) is 4.80. The molecule has 0 saturated heterocycles. The van der Waals surface area contributed by atoms with Gasteiger partial charge in [0.2, 0.25) is 0 Å². The summed E-state index contributed by atoms with van der Waals surface area (Å²) >= 11 is 0. The van der Waals surface area contributed by atoms with Gasteiger partial charge in [-0.1, -0.05) is 60.7 Å². The van der Waals surface area contributed by atoms with Crippen LogP contribution in [0.1, 0.15) is 36.3 Å². The van der Waals surface area contributed by atoms with Gasteiger partial charge in [0.25, 0.3) is 0 Å². The lowest BCUT2D eigenvalue weighted by molar-refractivity contribution is -0.116. The van der Waals surface area contributed by atoms with E-state index in [1.54, 1.807) is 0 Å². The fourth-order valence-electron chi connectivity index (χ4n) is 3.98. The minimum Gasteiger partial charge on any atom is -0.384 e. The number of Topliss-reactive ketones (excluding diaryl/α,β-unsaturated/α-hetero) is 1. The first-order chi connectivity index (χ1) is 11.3. The molecule has 0 bridgehead atoms. The first kappa shape index (κ1) is 14.3. The summed E-state index contributed by atoms with van der Waals surface area (Å²) in [5.74, 6) is 0.516. The molecule has 2 nitrogen and oxygen atoms in total. The summed E-state index contributed by atoms with van der Waals surface area (Å²) in [5, 5.41) is 3.68. The maximum absolute atomic E-state index is 12.6. The van der Waals surface area contributed by atoms with Crippen LogP contribution in [-0.2, 0) is 11.2 Å². The van der Waals surface area contributed by atoms with Gasteiger partial charge in [-0.25, -0.2) is 0 Å². The van der Waals surface area contributed by atoms with Crippen molar-refractivity contribution in [2.24, 2.45) is 0 Å². The minimum atomic E-state index is 0.180. The van der Waals surface area contributed by atoms with E-state index in [9.17, 15) is 4.79 Å². The molecule has 2 heteroatoms. The van der Waals surface area contributed by atoms with Crippen molar-refractivity contribution in [1.82, 2.24) is 5.32 Å². The van der Waals surface area contributed by atoms with Crippen LogP contribution in [-0.4, -0.2) is 11.8 Å².